The normalized spacial score (nSPS) is 13.0. The first-order chi connectivity index (χ1) is 19.5. The Morgan fingerprint density at radius 3 is 2.73 bits per heavy atom. The zero-order chi connectivity index (χ0) is 28.1. The molecule has 2 aromatic heterocycles. The molecule has 1 amide bonds. The minimum Gasteiger partial charge on any atom is -0.493 e. The van der Waals surface area contributed by atoms with Gasteiger partial charge in [-0.25, -0.2) is 4.79 Å². The molecule has 0 saturated carbocycles. The van der Waals surface area contributed by atoms with Crippen LogP contribution in [0.3, 0.4) is 0 Å². The van der Waals surface area contributed by atoms with Gasteiger partial charge >= 0.3 is 6.09 Å². The van der Waals surface area contributed by atoms with Crippen LogP contribution in [-0.4, -0.2) is 54.2 Å². The number of carbonyl (C=O) groups excluding carboxylic acids is 1. The molecule has 0 bridgehead atoms. The predicted octanol–water partition coefficient (Wildman–Crippen LogP) is 5.20. The lowest BCUT2D eigenvalue weighted by molar-refractivity contribution is 0.144. The van der Waals surface area contributed by atoms with Crippen LogP contribution in [0.4, 0.5) is 16.2 Å². The van der Waals surface area contributed by atoms with Crippen LogP contribution in [-0.2, 0) is 6.61 Å². The molecular formula is C29H27ClN6O4. The fourth-order valence-electron chi connectivity index (χ4n) is 4.31. The van der Waals surface area contributed by atoms with Crippen molar-refractivity contribution in [1.29, 1.82) is 5.26 Å². The van der Waals surface area contributed by atoms with Gasteiger partial charge in [0.25, 0.3) is 0 Å². The number of carbonyl (C=O) groups is 1. The summed E-state index contributed by atoms with van der Waals surface area (Å²) in [7, 11) is 1.49. The lowest BCUT2D eigenvalue weighted by Crippen LogP contribution is -2.47. The number of nitrogens with zero attached hydrogens (tertiary/aromatic N) is 4. The van der Waals surface area contributed by atoms with Gasteiger partial charge in [-0.3, -0.25) is 9.97 Å². The molecule has 1 aliphatic heterocycles. The largest absolute Gasteiger partial charge is 0.493 e. The number of hydrogen-bond acceptors (Lipinski definition) is 9. The van der Waals surface area contributed by atoms with Gasteiger partial charge in [0.05, 0.1) is 40.3 Å². The Bertz CT molecular complexity index is 1600. The van der Waals surface area contributed by atoms with Crippen molar-refractivity contribution in [2.75, 3.05) is 38.6 Å². The van der Waals surface area contributed by atoms with Crippen LogP contribution < -0.4 is 24.8 Å². The van der Waals surface area contributed by atoms with Crippen LogP contribution in [0.15, 0.2) is 54.9 Å². The molecule has 4 aromatic rings. The van der Waals surface area contributed by atoms with E-state index >= 15 is 0 Å². The molecule has 10 nitrogen and oxygen atoms in total. The standard InChI is InChI=1S/C29H27ClN6O4/c1-18-4-3-7-33-25(18)17-39-20-5-6-23(22(30)12-20)35-28-19(15-31)16-34-24-14-27(26(38-2)13-21(24)28)40-29(37)36-10-8-32-9-11-36/h3-7,12-14,16,32H,8-11,17H2,1-2H3,(H,34,35). The van der Waals surface area contributed by atoms with Gasteiger partial charge in [0.1, 0.15) is 18.4 Å². The number of aryl methyl sites for hydroxylation is 1. The van der Waals surface area contributed by atoms with Crippen molar-refractivity contribution in [1.82, 2.24) is 20.2 Å². The molecule has 40 heavy (non-hydrogen) atoms. The van der Waals surface area contributed by atoms with Gasteiger partial charge in [-0.1, -0.05) is 17.7 Å². The zero-order valence-electron chi connectivity index (χ0n) is 22.0. The lowest BCUT2D eigenvalue weighted by Gasteiger charge is -2.26. The van der Waals surface area contributed by atoms with Gasteiger partial charge < -0.3 is 29.7 Å². The molecule has 5 rings (SSSR count). The number of ether oxygens (including phenoxy) is 3. The molecule has 0 aliphatic carbocycles. The average molecular weight is 559 g/mol. The second-order valence-corrected chi connectivity index (χ2v) is 9.51. The molecular weight excluding hydrogens is 532 g/mol. The van der Waals surface area contributed by atoms with E-state index in [4.69, 9.17) is 25.8 Å². The number of methoxy groups -OCH3 is 1. The number of nitrogens with one attached hydrogen (secondary N) is 2. The Labute approximate surface area is 236 Å². The van der Waals surface area contributed by atoms with E-state index in [1.165, 1.54) is 13.3 Å². The minimum absolute atomic E-state index is 0.240. The third-order valence-corrected chi connectivity index (χ3v) is 6.85. The monoisotopic (exact) mass is 558 g/mol. The number of hydrogen-bond donors (Lipinski definition) is 2. The number of fused-ring (bicyclic) bond motifs is 1. The average Bonchev–Trinajstić information content (AvgIpc) is 2.98. The van der Waals surface area contributed by atoms with Gasteiger partial charge in [-0.2, -0.15) is 5.26 Å². The lowest BCUT2D eigenvalue weighted by atomic mass is 10.1. The molecule has 2 N–H and O–H groups in total. The van der Waals surface area contributed by atoms with E-state index < -0.39 is 6.09 Å². The third-order valence-electron chi connectivity index (χ3n) is 6.54. The summed E-state index contributed by atoms with van der Waals surface area (Å²) >= 11 is 6.61. The number of rotatable bonds is 7. The zero-order valence-corrected chi connectivity index (χ0v) is 22.8. The quantitative estimate of drug-likeness (QED) is 0.315. The van der Waals surface area contributed by atoms with Crippen LogP contribution in [0, 0.1) is 18.3 Å². The van der Waals surface area contributed by atoms with Crippen LogP contribution in [0.5, 0.6) is 17.2 Å². The van der Waals surface area contributed by atoms with Gasteiger partial charge in [0, 0.05) is 56.1 Å². The van der Waals surface area contributed by atoms with Crippen molar-refractivity contribution < 1.29 is 19.0 Å². The van der Waals surface area contributed by atoms with E-state index in [1.54, 1.807) is 41.4 Å². The smallest absolute Gasteiger partial charge is 0.415 e. The van der Waals surface area contributed by atoms with Crippen LogP contribution in [0.2, 0.25) is 5.02 Å². The van der Waals surface area contributed by atoms with Crippen LogP contribution in [0.25, 0.3) is 10.9 Å². The Morgan fingerprint density at radius 2 is 2.00 bits per heavy atom. The molecule has 0 atom stereocenters. The number of benzene rings is 2. The van der Waals surface area contributed by atoms with Crippen molar-refractivity contribution in [2.24, 2.45) is 0 Å². The summed E-state index contributed by atoms with van der Waals surface area (Å²) in [5.41, 5.74) is 3.76. The number of nitriles is 1. The van der Waals surface area contributed by atoms with E-state index in [0.717, 1.165) is 11.3 Å². The molecule has 3 heterocycles. The number of piperazine rings is 1. The SMILES string of the molecule is COc1cc2c(Nc3ccc(OCc4ncccc4C)cc3Cl)c(C#N)cnc2cc1OC(=O)N1CCNCC1. The molecule has 0 radical (unpaired) electrons. The molecule has 1 fully saturated rings. The highest BCUT2D eigenvalue weighted by Crippen LogP contribution is 2.39. The second kappa shape index (κ2) is 12.1. The van der Waals surface area contributed by atoms with E-state index in [2.05, 4.69) is 26.7 Å². The summed E-state index contributed by atoms with van der Waals surface area (Å²) in [4.78, 5) is 23.1. The van der Waals surface area contributed by atoms with Crippen molar-refractivity contribution in [2.45, 2.75) is 13.5 Å². The molecule has 0 spiro atoms. The van der Waals surface area contributed by atoms with Crippen molar-refractivity contribution in [3.63, 3.8) is 0 Å². The van der Waals surface area contributed by atoms with E-state index in [1.807, 2.05) is 19.1 Å². The predicted molar refractivity (Wildman–Crippen MR) is 152 cm³/mol. The maximum atomic E-state index is 12.7. The van der Waals surface area contributed by atoms with Crippen molar-refractivity contribution in [3.8, 4) is 23.3 Å². The number of halogens is 1. The summed E-state index contributed by atoms with van der Waals surface area (Å²) in [5, 5.41) is 17.3. The Kier molecular flexibility index (Phi) is 8.15. The van der Waals surface area contributed by atoms with Crippen LogP contribution in [0.1, 0.15) is 16.8 Å². The maximum absolute atomic E-state index is 12.7. The van der Waals surface area contributed by atoms with Gasteiger partial charge in [-0.05, 0) is 36.8 Å². The molecule has 2 aromatic carbocycles. The van der Waals surface area contributed by atoms with Crippen molar-refractivity contribution in [3.05, 3.63) is 76.7 Å². The Morgan fingerprint density at radius 1 is 1.18 bits per heavy atom. The molecule has 204 valence electrons. The highest BCUT2D eigenvalue weighted by Gasteiger charge is 2.22. The number of aromatic nitrogens is 2. The first kappa shape index (κ1) is 27.0. The molecule has 1 saturated heterocycles. The van der Waals surface area contributed by atoms with Crippen LogP contribution >= 0.6 is 11.6 Å². The second-order valence-electron chi connectivity index (χ2n) is 9.11. The van der Waals surface area contributed by atoms with Crippen molar-refractivity contribution >= 4 is 40.0 Å². The van der Waals surface area contributed by atoms with Gasteiger partial charge in [0.15, 0.2) is 11.5 Å². The molecule has 0 unspecified atom stereocenters. The Hall–Kier alpha value is -4.59. The summed E-state index contributed by atoms with van der Waals surface area (Å²) in [5.74, 6) is 1.15. The topological polar surface area (TPSA) is 122 Å². The minimum atomic E-state index is -0.460. The highest BCUT2D eigenvalue weighted by molar-refractivity contribution is 6.33. The fourth-order valence-corrected chi connectivity index (χ4v) is 4.53. The van der Waals surface area contributed by atoms with E-state index in [9.17, 15) is 10.1 Å². The summed E-state index contributed by atoms with van der Waals surface area (Å²) in [6.45, 7) is 4.81. The van der Waals surface area contributed by atoms with E-state index in [0.29, 0.717) is 77.1 Å². The number of amides is 1. The Balaban J connectivity index is 1.41. The molecule has 1 aliphatic rings. The summed E-state index contributed by atoms with van der Waals surface area (Å²) < 4.78 is 17.1. The summed E-state index contributed by atoms with van der Waals surface area (Å²) in [6.07, 6.45) is 2.73. The van der Waals surface area contributed by atoms with Gasteiger partial charge in [-0.15, -0.1) is 0 Å². The summed E-state index contributed by atoms with van der Waals surface area (Å²) in [6, 6.07) is 14.6. The fraction of sp³-hybridized carbons (Fsp3) is 0.241. The first-order valence-electron chi connectivity index (χ1n) is 12.6. The highest BCUT2D eigenvalue weighted by atomic mass is 35.5. The first-order valence-corrected chi connectivity index (χ1v) is 13.0. The third kappa shape index (κ3) is 5.86. The van der Waals surface area contributed by atoms with E-state index in [-0.39, 0.29) is 5.75 Å². The number of anilines is 2. The van der Waals surface area contributed by atoms with Gasteiger partial charge in [0.2, 0.25) is 0 Å². The number of pyridine rings is 2. The maximum Gasteiger partial charge on any atom is 0.415 e. The molecule has 11 heteroatoms.